The molecule has 1 aliphatic rings. The second kappa shape index (κ2) is 4.96. The first-order valence-electron chi connectivity index (χ1n) is 6.12. The lowest BCUT2D eigenvalue weighted by Crippen LogP contribution is -2.14. The minimum atomic E-state index is 0.407. The van der Waals surface area contributed by atoms with Crippen molar-refractivity contribution in [1.82, 2.24) is 5.32 Å². The molecule has 0 aliphatic carbocycles. The van der Waals surface area contributed by atoms with E-state index in [9.17, 15) is 0 Å². The molecule has 1 aromatic carbocycles. The third-order valence-corrected chi connectivity index (χ3v) is 3.54. The monoisotopic (exact) mass is 235 g/mol. The third kappa shape index (κ3) is 2.25. The van der Waals surface area contributed by atoms with Crippen molar-refractivity contribution in [3.8, 4) is 11.5 Å². The largest absolute Gasteiger partial charge is 0.496 e. The summed E-state index contributed by atoms with van der Waals surface area (Å²) in [5.41, 5.74) is 2.32. The molecular weight excluding hydrogens is 214 g/mol. The molecule has 0 amide bonds. The predicted octanol–water partition coefficient (Wildman–Crippen LogP) is 2.68. The van der Waals surface area contributed by atoms with Crippen LogP contribution in [0.15, 0.2) is 12.1 Å². The Bertz CT molecular complexity index is 403. The van der Waals surface area contributed by atoms with Crippen LogP contribution in [0.4, 0.5) is 0 Å². The summed E-state index contributed by atoms with van der Waals surface area (Å²) in [6.45, 7) is 5.40. The van der Waals surface area contributed by atoms with Gasteiger partial charge in [-0.3, -0.25) is 0 Å². The molecule has 0 radical (unpaired) electrons. The Kier molecular flexibility index (Phi) is 3.57. The first-order valence-corrected chi connectivity index (χ1v) is 6.12. The van der Waals surface area contributed by atoms with Gasteiger partial charge in [-0.15, -0.1) is 0 Å². The molecular formula is C14H21NO2. The maximum Gasteiger partial charge on any atom is 0.130 e. The van der Waals surface area contributed by atoms with Gasteiger partial charge < -0.3 is 14.8 Å². The highest BCUT2D eigenvalue weighted by Crippen LogP contribution is 2.38. The highest BCUT2D eigenvalue weighted by atomic mass is 16.5. The van der Waals surface area contributed by atoms with Crippen molar-refractivity contribution in [2.75, 3.05) is 20.8 Å². The van der Waals surface area contributed by atoms with Gasteiger partial charge >= 0.3 is 0 Å². The summed E-state index contributed by atoms with van der Waals surface area (Å²) in [4.78, 5) is 0. The molecule has 1 aliphatic heterocycles. The molecule has 2 atom stereocenters. The van der Waals surface area contributed by atoms with Crippen LogP contribution in [0.2, 0.25) is 0 Å². The van der Waals surface area contributed by atoms with Gasteiger partial charge in [-0.1, -0.05) is 13.0 Å². The molecule has 1 fully saturated rings. The number of hydrogen-bond donors (Lipinski definition) is 1. The average molecular weight is 235 g/mol. The molecule has 0 saturated carbocycles. The number of hydrogen-bond acceptors (Lipinski definition) is 3. The minimum Gasteiger partial charge on any atom is -0.496 e. The minimum absolute atomic E-state index is 0.407. The molecule has 1 aromatic rings. The zero-order chi connectivity index (χ0) is 12.4. The van der Waals surface area contributed by atoms with Crippen molar-refractivity contribution in [3.05, 3.63) is 23.3 Å². The molecule has 1 heterocycles. The second-order valence-electron chi connectivity index (χ2n) is 4.82. The van der Waals surface area contributed by atoms with Gasteiger partial charge in [0.05, 0.1) is 14.2 Å². The van der Waals surface area contributed by atoms with E-state index >= 15 is 0 Å². The van der Waals surface area contributed by atoms with E-state index in [1.54, 1.807) is 14.2 Å². The van der Waals surface area contributed by atoms with Crippen LogP contribution in [0.25, 0.3) is 0 Å². The molecule has 94 valence electrons. The van der Waals surface area contributed by atoms with Crippen LogP contribution in [0.5, 0.6) is 11.5 Å². The Morgan fingerprint density at radius 3 is 2.53 bits per heavy atom. The smallest absolute Gasteiger partial charge is 0.130 e. The molecule has 0 aromatic heterocycles. The Morgan fingerprint density at radius 2 is 2.00 bits per heavy atom. The number of ether oxygens (including phenoxy) is 2. The lowest BCUT2D eigenvalue weighted by Gasteiger charge is -2.18. The van der Waals surface area contributed by atoms with Crippen LogP contribution in [0.3, 0.4) is 0 Å². The summed E-state index contributed by atoms with van der Waals surface area (Å²) in [6.07, 6.45) is 1.17. The van der Waals surface area contributed by atoms with Crippen LogP contribution < -0.4 is 14.8 Å². The van der Waals surface area contributed by atoms with Gasteiger partial charge in [-0.2, -0.15) is 0 Å². The van der Waals surface area contributed by atoms with Crippen molar-refractivity contribution in [1.29, 1.82) is 0 Å². The number of rotatable bonds is 3. The van der Waals surface area contributed by atoms with E-state index in [4.69, 9.17) is 9.47 Å². The fourth-order valence-electron chi connectivity index (χ4n) is 2.61. The van der Waals surface area contributed by atoms with E-state index in [0.717, 1.165) is 29.5 Å². The molecule has 1 saturated heterocycles. The zero-order valence-electron chi connectivity index (χ0n) is 11.0. The summed E-state index contributed by atoms with van der Waals surface area (Å²) in [5, 5.41) is 3.54. The Morgan fingerprint density at radius 1 is 1.24 bits per heavy atom. The molecule has 3 nitrogen and oxygen atoms in total. The van der Waals surface area contributed by atoms with Crippen molar-refractivity contribution in [2.24, 2.45) is 5.92 Å². The normalized spacial score (nSPS) is 23.8. The first kappa shape index (κ1) is 12.2. The number of methoxy groups -OCH3 is 2. The van der Waals surface area contributed by atoms with Gasteiger partial charge in [0.2, 0.25) is 0 Å². The maximum atomic E-state index is 5.55. The van der Waals surface area contributed by atoms with Gasteiger partial charge in [-0.25, -0.2) is 0 Å². The molecule has 2 rings (SSSR count). The van der Waals surface area contributed by atoms with Crippen molar-refractivity contribution in [2.45, 2.75) is 26.3 Å². The lowest BCUT2D eigenvalue weighted by atomic mass is 9.98. The topological polar surface area (TPSA) is 30.5 Å². The summed E-state index contributed by atoms with van der Waals surface area (Å²) < 4.78 is 10.9. The Labute approximate surface area is 103 Å². The Balaban J connectivity index is 2.37. The van der Waals surface area contributed by atoms with E-state index in [1.165, 1.54) is 12.0 Å². The van der Waals surface area contributed by atoms with E-state index in [-0.39, 0.29) is 0 Å². The fourth-order valence-corrected chi connectivity index (χ4v) is 2.61. The zero-order valence-corrected chi connectivity index (χ0v) is 11.0. The van der Waals surface area contributed by atoms with Gasteiger partial charge in [0, 0.05) is 17.2 Å². The highest BCUT2D eigenvalue weighted by molar-refractivity contribution is 5.50. The van der Waals surface area contributed by atoms with Crippen LogP contribution in [-0.4, -0.2) is 20.8 Å². The van der Waals surface area contributed by atoms with Crippen LogP contribution >= 0.6 is 0 Å². The van der Waals surface area contributed by atoms with Gasteiger partial charge in [-0.05, 0) is 31.9 Å². The van der Waals surface area contributed by atoms with Gasteiger partial charge in [0.1, 0.15) is 11.5 Å². The summed E-state index contributed by atoms with van der Waals surface area (Å²) >= 11 is 0. The molecule has 0 spiro atoms. The molecule has 0 bridgehead atoms. The fraction of sp³-hybridized carbons (Fsp3) is 0.571. The average Bonchev–Trinajstić information content (AvgIpc) is 2.75. The van der Waals surface area contributed by atoms with E-state index < -0.39 is 0 Å². The maximum absolute atomic E-state index is 5.55. The van der Waals surface area contributed by atoms with E-state index in [0.29, 0.717) is 6.04 Å². The van der Waals surface area contributed by atoms with Crippen LogP contribution in [-0.2, 0) is 0 Å². The SMILES string of the molecule is COc1ccc([C@H]2C[C@@H](C)CN2)c(OC)c1C. The molecule has 1 N–H and O–H groups in total. The first-order chi connectivity index (χ1) is 8.17. The van der Waals surface area contributed by atoms with E-state index in [1.807, 2.05) is 13.0 Å². The van der Waals surface area contributed by atoms with Crippen molar-refractivity contribution >= 4 is 0 Å². The lowest BCUT2D eigenvalue weighted by molar-refractivity contribution is 0.381. The quantitative estimate of drug-likeness (QED) is 0.873. The standard InChI is InChI=1S/C14H21NO2/c1-9-7-12(15-8-9)11-5-6-13(16-3)10(2)14(11)17-4/h5-6,9,12,15H,7-8H2,1-4H3/t9-,12-/m1/s1. The third-order valence-electron chi connectivity index (χ3n) is 3.54. The molecule has 0 unspecified atom stereocenters. The Hall–Kier alpha value is -1.22. The summed E-state index contributed by atoms with van der Waals surface area (Å²) in [6, 6.07) is 4.54. The molecule has 3 heteroatoms. The van der Waals surface area contributed by atoms with Crippen LogP contribution in [0.1, 0.15) is 30.5 Å². The second-order valence-corrected chi connectivity index (χ2v) is 4.82. The highest BCUT2D eigenvalue weighted by Gasteiger charge is 2.25. The van der Waals surface area contributed by atoms with Gasteiger partial charge in [0.25, 0.3) is 0 Å². The van der Waals surface area contributed by atoms with E-state index in [2.05, 4.69) is 18.3 Å². The molecule has 17 heavy (non-hydrogen) atoms. The summed E-state index contributed by atoms with van der Waals surface area (Å²) in [5.74, 6) is 2.57. The number of nitrogens with one attached hydrogen (secondary N) is 1. The van der Waals surface area contributed by atoms with Crippen molar-refractivity contribution in [3.63, 3.8) is 0 Å². The summed E-state index contributed by atoms with van der Waals surface area (Å²) in [7, 11) is 3.42. The van der Waals surface area contributed by atoms with Crippen LogP contribution in [0, 0.1) is 12.8 Å². The van der Waals surface area contributed by atoms with Gasteiger partial charge in [0.15, 0.2) is 0 Å². The van der Waals surface area contributed by atoms with Crippen molar-refractivity contribution < 1.29 is 9.47 Å². The number of benzene rings is 1. The predicted molar refractivity (Wildman–Crippen MR) is 68.8 cm³/mol.